The lowest BCUT2D eigenvalue weighted by molar-refractivity contribution is -0.116. The standard InChI is InChI=1S/C9H10BrNO/c1-7(12)2-3-8-4-5-11-9(10)6-8/h4-6H,2-3H2,1H3. The summed E-state index contributed by atoms with van der Waals surface area (Å²) < 4.78 is 0.823. The van der Waals surface area contributed by atoms with Crippen LogP contribution >= 0.6 is 15.9 Å². The third-order valence-electron chi connectivity index (χ3n) is 1.56. The number of pyridine rings is 1. The van der Waals surface area contributed by atoms with Crippen LogP contribution in [0.25, 0.3) is 0 Å². The lowest BCUT2D eigenvalue weighted by Crippen LogP contribution is -1.94. The molecule has 1 aromatic rings. The van der Waals surface area contributed by atoms with Crippen molar-refractivity contribution in [1.82, 2.24) is 4.98 Å². The van der Waals surface area contributed by atoms with Crippen LogP contribution in [-0.4, -0.2) is 10.8 Å². The van der Waals surface area contributed by atoms with Gasteiger partial charge in [0.05, 0.1) is 0 Å². The summed E-state index contributed by atoms with van der Waals surface area (Å²) in [7, 11) is 0. The van der Waals surface area contributed by atoms with Crippen molar-refractivity contribution in [2.24, 2.45) is 0 Å². The minimum atomic E-state index is 0.225. The molecule has 1 aromatic heterocycles. The first-order valence-corrected chi connectivity index (χ1v) is 4.57. The average Bonchev–Trinajstić information content (AvgIpc) is 2.01. The molecule has 0 radical (unpaired) electrons. The van der Waals surface area contributed by atoms with Crippen molar-refractivity contribution in [1.29, 1.82) is 0 Å². The van der Waals surface area contributed by atoms with Crippen molar-refractivity contribution in [3.63, 3.8) is 0 Å². The van der Waals surface area contributed by atoms with E-state index in [1.807, 2.05) is 12.1 Å². The molecule has 1 rings (SSSR count). The molecule has 0 bridgehead atoms. The number of hydrogen-bond donors (Lipinski definition) is 0. The Kier molecular flexibility index (Phi) is 3.41. The quantitative estimate of drug-likeness (QED) is 0.743. The van der Waals surface area contributed by atoms with Crippen molar-refractivity contribution in [2.75, 3.05) is 0 Å². The molecule has 0 aliphatic rings. The number of aromatic nitrogens is 1. The van der Waals surface area contributed by atoms with Crippen molar-refractivity contribution in [2.45, 2.75) is 19.8 Å². The maximum Gasteiger partial charge on any atom is 0.130 e. The molecule has 0 unspecified atom stereocenters. The van der Waals surface area contributed by atoms with E-state index >= 15 is 0 Å². The van der Waals surface area contributed by atoms with Gasteiger partial charge in [0, 0.05) is 12.6 Å². The van der Waals surface area contributed by atoms with Crippen LogP contribution in [0.5, 0.6) is 0 Å². The SMILES string of the molecule is CC(=O)CCc1ccnc(Br)c1. The fraction of sp³-hybridized carbons (Fsp3) is 0.333. The lowest BCUT2D eigenvalue weighted by Gasteiger charge is -1.98. The molecule has 12 heavy (non-hydrogen) atoms. The first kappa shape index (κ1) is 9.39. The Morgan fingerprint density at radius 2 is 2.42 bits per heavy atom. The Bertz CT molecular complexity index is 286. The number of ketones is 1. The van der Waals surface area contributed by atoms with Gasteiger partial charge >= 0.3 is 0 Å². The van der Waals surface area contributed by atoms with Crippen LogP contribution in [0.2, 0.25) is 0 Å². The molecule has 0 amide bonds. The minimum Gasteiger partial charge on any atom is -0.300 e. The van der Waals surface area contributed by atoms with Gasteiger partial charge in [-0.2, -0.15) is 0 Å². The molecule has 0 atom stereocenters. The van der Waals surface area contributed by atoms with E-state index in [1.54, 1.807) is 13.1 Å². The van der Waals surface area contributed by atoms with E-state index in [2.05, 4.69) is 20.9 Å². The molecule has 0 fully saturated rings. The van der Waals surface area contributed by atoms with Gasteiger partial charge in [-0.25, -0.2) is 4.98 Å². The van der Waals surface area contributed by atoms with E-state index in [0.717, 1.165) is 16.6 Å². The summed E-state index contributed by atoms with van der Waals surface area (Å²) in [6.45, 7) is 1.61. The summed E-state index contributed by atoms with van der Waals surface area (Å²) in [6, 6.07) is 3.86. The molecule has 0 N–H and O–H groups in total. The molecule has 3 heteroatoms. The summed E-state index contributed by atoms with van der Waals surface area (Å²) in [4.78, 5) is 14.7. The van der Waals surface area contributed by atoms with E-state index in [0.29, 0.717) is 6.42 Å². The average molecular weight is 228 g/mol. The van der Waals surface area contributed by atoms with Gasteiger partial charge in [-0.15, -0.1) is 0 Å². The number of rotatable bonds is 3. The molecule has 0 spiro atoms. The predicted octanol–water partition coefficient (Wildman–Crippen LogP) is 2.37. The Hall–Kier alpha value is -0.700. The largest absolute Gasteiger partial charge is 0.300 e. The molecular formula is C9H10BrNO. The molecule has 0 aromatic carbocycles. The highest BCUT2D eigenvalue weighted by Gasteiger charge is 1.97. The van der Waals surface area contributed by atoms with Crippen LogP contribution in [-0.2, 0) is 11.2 Å². The Morgan fingerprint density at radius 3 is 3.00 bits per heavy atom. The lowest BCUT2D eigenvalue weighted by atomic mass is 10.1. The molecule has 1 heterocycles. The zero-order valence-electron chi connectivity index (χ0n) is 6.88. The number of halogens is 1. The Balaban J connectivity index is 2.57. The maximum atomic E-state index is 10.7. The van der Waals surface area contributed by atoms with Crippen LogP contribution in [0.15, 0.2) is 22.9 Å². The fourth-order valence-electron chi connectivity index (χ4n) is 0.918. The number of carbonyl (C=O) groups excluding carboxylic acids is 1. The van der Waals surface area contributed by atoms with Crippen LogP contribution < -0.4 is 0 Å². The highest BCUT2D eigenvalue weighted by atomic mass is 79.9. The third-order valence-corrected chi connectivity index (χ3v) is 1.99. The van der Waals surface area contributed by atoms with Gasteiger partial charge in [-0.3, -0.25) is 0 Å². The van der Waals surface area contributed by atoms with E-state index in [1.165, 1.54) is 0 Å². The number of nitrogens with zero attached hydrogens (tertiary/aromatic N) is 1. The van der Waals surface area contributed by atoms with Gasteiger partial charge in [0.25, 0.3) is 0 Å². The number of carbonyl (C=O) groups is 1. The molecule has 2 nitrogen and oxygen atoms in total. The molecule has 0 saturated carbocycles. The third kappa shape index (κ3) is 3.13. The highest BCUT2D eigenvalue weighted by Crippen LogP contribution is 2.09. The van der Waals surface area contributed by atoms with E-state index in [-0.39, 0.29) is 5.78 Å². The predicted molar refractivity (Wildman–Crippen MR) is 50.9 cm³/mol. The first-order chi connectivity index (χ1) is 5.68. The minimum absolute atomic E-state index is 0.225. The smallest absolute Gasteiger partial charge is 0.130 e. The molecule has 0 aliphatic heterocycles. The summed E-state index contributed by atoms with van der Waals surface area (Å²) in [5, 5.41) is 0. The van der Waals surface area contributed by atoms with Crippen molar-refractivity contribution >= 4 is 21.7 Å². The number of Topliss-reactive ketones (excluding diaryl/α,β-unsaturated/α-hetero) is 1. The molecule has 0 aliphatic carbocycles. The van der Waals surface area contributed by atoms with E-state index < -0.39 is 0 Å². The normalized spacial score (nSPS) is 9.83. The topological polar surface area (TPSA) is 30.0 Å². The van der Waals surface area contributed by atoms with Crippen molar-refractivity contribution < 1.29 is 4.79 Å². The maximum absolute atomic E-state index is 10.7. The second-order valence-electron chi connectivity index (χ2n) is 2.69. The second kappa shape index (κ2) is 4.36. The van der Waals surface area contributed by atoms with Crippen LogP contribution in [0.1, 0.15) is 18.9 Å². The van der Waals surface area contributed by atoms with Crippen molar-refractivity contribution in [3.8, 4) is 0 Å². The van der Waals surface area contributed by atoms with Gasteiger partial charge in [0.15, 0.2) is 0 Å². The van der Waals surface area contributed by atoms with Crippen LogP contribution in [0, 0.1) is 0 Å². The first-order valence-electron chi connectivity index (χ1n) is 3.78. The monoisotopic (exact) mass is 227 g/mol. The Morgan fingerprint density at radius 1 is 1.67 bits per heavy atom. The molecular weight excluding hydrogens is 218 g/mol. The van der Waals surface area contributed by atoms with Crippen LogP contribution in [0.3, 0.4) is 0 Å². The summed E-state index contributed by atoms with van der Waals surface area (Å²) >= 11 is 3.27. The van der Waals surface area contributed by atoms with Gasteiger partial charge < -0.3 is 4.79 Å². The van der Waals surface area contributed by atoms with E-state index in [4.69, 9.17) is 0 Å². The van der Waals surface area contributed by atoms with Gasteiger partial charge in [0.1, 0.15) is 10.4 Å². The van der Waals surface area contributed by atoms with Gasteiger partial charge in [0.2, 0.25) is 0 Å². The van der Waals surface area contributed by atoms with Crippen molar-refractivity contribution in [3.05, 3.63) is 28.5 Å². The highest BCUT2D eigenvalue weighted by molar-refractivity contribution is 9.10. The zero-order chi connectivity index (χ0) is 8.97. The molecule has 0 saturated heterocycles. The summed E-state index contributed by atoms with van der Waals surface area (Å²) in [6.07, 6.45) is 3.15. The van der Waals surface area contributed by atoms with Gasteiger partial charge in [-0.1, -0.05) is 0 Å². The fourth-order valence-corrected chi connectivity index (χ4v) is 1.33. The number of aryl methyl sites for hydroxylation is 1. The second-order valence-corrected chi connectivity index (χ2v) is 3.50. The van der Waals surface area contributed by atoms with E-state index in [9.17, 15) is 4.79 Å². The number of hydrogen-bond acceptors (Lipinski definition) is 2. The zero-order valence-corrected chi connectivity index (χ0v) is 8.47. The summed E-state index contributed by atoms with van der Waals surface area (Å²) in [5.41, 5.74) is 1.15. The Labute approximate surface area is 80.1 Å². The summed E-state index contributed by atoms with van der Waals surface area (Å²) in [5.74, 6) is 0.225. The van der Waals surface area contributed by atoms with Crippen LogP contribution in [0.4, 0.5) is 0 Å². The molecule has 64 valence electrons. The van der Waals surface area contributed by atoms with Gasteiger partial charge in [-0.05, 0) is 47.0 Å².